The molecule has 138 valence electrons. The lowest BCUT2D eigenvalue weighted by Gasteiger charge is -2.18. The summed E-state index contributed by atoms with van der Waals surface area (Å²) in [6.07, 6.45) is 0.0949. The molecule has 0 fully saturated rings. The Morgan fingerprint density at radius 3 is 2.73 bits per heavy atom. The molecule has 0 saturated carbocycles. The maximum absolute atomic E-state index is 12.4. The first-order valence-electron chi connectivity index (χ1n) is 8.08. The molecule has 1 amide bonds. The van der Waals surface area contributed by atoms with Crippen molar-refractivity contribution in [2.24, 2.45) is 0 Å². The molecular formula is C18H20N2O5S. The second-order valence-corrected chi connectivity index (χ2v) is 7.18. The van der Waals surface area contributed by atoms with Crippen molar-refractivity contribution in [2.75, 3.05) is 37.1 Å². The molecule has 3 rings (SSSR count). The Bertz CT molecular complexity index is 840. The van der Waals surface area contributed by atoms with Crippen molar-refractivity contribution in [1.82, 2.24) is 0 Å². The van der Waals surface area contributed by atoms with Crippen LogP contribution in [-0.2, 0) is 15.6 Å². The molecule has 1 atom stereocenters. The van der Waals surface area contributed by atoms with Gasteiger partial charge >= 0.3 is 0 Å². The largest absolute Gasteiger partial charge is 0.497 e. The van der Waals surface area contributed by atoms with Crippen LogP contribution in [0.2, 0.25) is 0 Å². The number of carbonyl (C=O) groups excluding carboxylic acids is 1. The molecule has 1 unspecified atom stereocenters. The number of fused-ring (bicyclic) bond motifs is 1. The number of nitrogens with two attached hydrogens (primary N) is 1. The second-order valence-electron chi connectivity index (χ2n) is 5.61. The van der Waals surface area contributed by atoms with E-state index in [-0.39, 0.29) is 18.1 Å². The van der Waals surface area contributed by atoms with Crippen LogP contribution in [0.25, 0.3) is 0 Å². The van der Waals surface area contributed by atoms with Crippen molar-refractivity contribution in [3.63, 3.8) is 0 Å². The van der Waals surface area contributed by atoms with E-state index in [2.05, 4.69) is 5.32 Å². The summed E-state index contributed by atoms with van der Waals surface area (Å²) in [5.74, 6) is 1.74. The first-order chi connectivity index (χ1) is 12.6. The van der Waals surface area contributed by atoms with Gasteiger partial charge in [-0.05, 0) is 24.3 Å². The number of rotatable bonds is 6. The fourth-order valence-electron chi connectivity index (χ4n) is 2.45. The Kier molecular flexibility index (Phi) is 5.62. The highest BCUT2D eigenvalue weighted by Crippen LogP contribution is 2.32. The fraction of sp³-hybridized carbons (Fsp3) is 0.278. The summed E-state index contributed by atoms with van der Waals surface area (Å²) in [4.78, 5) is 12.7. The van der Waals surface area contributed by atoms with Crippen LogP contribution in [0, 0.1) is 0 Å². The van der Waals surface area contributed by atoms with Gasteiger partial charge in [-0.1, -0.05) is 0 Å². The number of anilines is 2. The van der Waals surface area contributed by atoms with Crippen molar-refractivity contribution in [3.05, 3.63) is 36.4 Å². The van der Waals surface area contributed by atoms with Crippen LogP contribution in [0.4, 0.5) is 11.4 Å². The SMILES string of the molecule is COc1ccc(N)c(NC(=O)CCS(=O)c2ccc3c(c2)OCCO3)c1. The van der Waals surface area contributed by atoms with E-state index in [4.69, 9.17) is 19.9 Å². The van der Waals surface area contributed by atoms with E-state index >= 15 is 0 Å². The summed E-state index contributed by atoms with van der Waals surface area (Å²) in [7, 11) is 0.212. The maximum atomic E-state index is 12.4. The molecule has 0 saturated heterocycles. The molecule has 2 aromatic carbocycles. The molecule has 1 heterocycles. The van der Waals surface area contributed by atoms with Crippen LogP contribution < -0.4 is 25.3 Å². The second kappa shape index (κ2) is 8.09. The number of nitrogen functional groups attached to an aromatic ring is 1. The number of ether oxygens (including phenoxy) is 3. The van der Waals surface area contributed by atoms with Crippen LogP contribution in [-0.4, -0.2) is 36.2 Å². The summed E-state index contributed by atoms with van der Waals surface area (Å²) in [5, 5.41) is 2.72. The topological polar surface area (TPSA) is 99.9 Å². The molecule has 0 radical (unpaired) electrons. The van der Waals surface area contributed by atoms with Gasteiger partial charge < -0.3 is 25.3 Å². The molecule has 0 aliphatic carbocycles. The molecule has 1 aliphatic rings. The van der Waals surface area contributed by atoms with Gasteiger partial charge in [0.15, 0.2) is 11.5 Å². The van der Waals surface area contributed by atoms with Crippen molar-refractivity contribution in [1.29, 1.82) is 0 Å². The van der Waals surface area contributed by atoms with Gasteiger partial charge in [-0.3, -0.25) is 9.00 Å². The molecule has 1 aliphatic heterocycles. The normalized spacial score (nSPS) is 13.7. The Hall–Kier alpha value is -2.74. The zero-order valence-electron chi connectivity index (χ0n) is 14.3. The molecule has 26 heavy (non-hydrogen) atoms. The molecule has 0 spiro atoms. The van der Waals surface area contributed by atoms with Crippen LogP contribution in [0.3, 0.4) is 0 Å². The van der Waals surface area contributed by atoms with Crippen LogP contribution >= 0.6 is 0 Å². The number of carbonyl (C=O) groups is 1. The van der Waals surface area contributed by atoms with Crippen LogP contribution in [0.5, 0.6) is 17.2 Å². The highest BCUT2D eigenvalue weighted by Gasteiger charge is 2.15. The minimum Gasteiger partial charge on any atom is -0.497 e. The molecule has 7 nitrogen and oxygen atoms in total. The Balaban J connectivity index is 1.58. The van der Waals surface area contributed by atoms with Crippen molar-refractivity contribution < 1.29 is 23.2 Å². The van der Waals surface area contributed by atoms with Crippen molar-refractivity contribution in [3.8, 4) is 17.2 Å². The van der Waals surface area contributed by atoms with E-state index in [1.54, 1.807) is 36.4 Å². The van der Waals surface area contributed by atoms with Gasteiger partial charge in [-0.25, -0.2) is 0 Å². The average Bonchev–Trinajstić information content (AvgIpc) is 2.67. The lowest BCUT2D eigenvalue weighted by atomic mass is 10.2. The van der Waals surface area contributed by atoms with Crippen LogP contribution in [0.15, 0.2) is 41.3 Å². The third kappa shape index (κ3) is 4.26. The van der Waals surface area contributed by atoms with Gasteiger partial charge in [-0.2, -0.15) is 0 Å². The number of nitrogens with one attached hydrogen (secondary N) is 1. The standard InChI is InChI=1S/C18H20N2O5S/c1-23-12-2-4-14(19)15(10-12)20-18(21)6-9-26(22)13-3-5-16-17(11-13)25-8-7-24-16/h2-5,10-11H,6-9,19H2,1H3,(H,20,21). The predicted octanol–water partition coefficient (Wildman–Crippen LogP) is 2.19. The maximum Gasteiger partial charge on any atom is 0.225 e. The number of methoxy groups -OCH3 is 1. The van der Waals surface area contributed by atoms with E-state index in [1.807, 2.05) is 0 Å². The third-order valence-corrected chi connectivity index (χ3v) is 5.18. The number of hydrogen-bond donors (Lipinski definition) is 2. The fourth-order valence-corrected chi connectivity index (χ4v) is 3.52. The zero-order chi connectivity index (χ0) is 18.5. The van der Waals surface area contributed by atoms with Gasteiger partial charge in [0.25, 0.3) is 0 Å². The van der Waals surface area contributed by atoms with E-state index in [0.29, 0.717) is 46.7 Å². The smallest absolute Gasteiger partial charge is 0.225 e. The highest BCUT2D eigenvalue weighted by atomic mass is 32.2. The van der Waals surface area contributed by atoms with Gasteiger partial charge in [0, 0.05) is 29.2 Å². The van der Waals surface area contributed by atoms with Crippen molar-refractivity contribution in [2.45, 2.75) is 11.3 Å². The first-order valence-corrected chi connectivity index (χ1v) is 9.40. The van der Waals surface area contributed by atoms with Gasteiger partial charge in [0.1, 0.15) is 19.0 Å². The lowest BCUT2D eigenvalue weighted by Crippen LogP contribution is -2.17. The molecule has 0 aromatic heterocycles. The quantitative estimate of drug-likeness (QED) is 0.750. The third-order valence-electron chi connectivity index (χ3n) is 3.83. The van der Waals surface area contributed by atoms with E-state index in [1.165, 1.54) is 7.11 Å². The van der Waals surface area contributed by atoms with Crippen LogP contribution in [0.1, 0.15) is 6.42 Å². The summed E-state index contributed by atoms with van der Waals surface area (Å²) in [6.45, 7) is 0.969. The lowest BCUT2D eigenvalue weighted by molar-refractivity contribution is -0.115. The minimum absolute atomic E-state index is 0.0949. The minimum atomic E-state index is -1.32. The average molecular weight is 376 g/mol. The zero-order valence-corrected chi connectivity index (χ0v) is 15.1. The predicted molar refractivity (Wildman–Crippen MR) is 99.4 cm³/mol. The van der Waals surface area contributed by atoms with Gasteiger partial charge in [-0.15, -0.1) is 0 Å². The van der Waals surface area contributed by atoms with Gasteiger partial charge in [0.05, 0.1) is 29.3 Å². The first kappa shape index (κ1) is 18.1. The number of amides is 1. The summed E-state index contributed by atoms with van der Waals surface area (Å²) in [5.41, 5.74) is 6.76. The summed E-state index contributed by atoms with van der Waals surface area (Å²) in [6, 6.07) is 10.2. The van der Waals surface area contributed by atoms with E-state index in [0.717, 1.165) is 0 Å². The molecule has 2 aromatic rings. The molecule has 3 N–H and O–H groups in total. The van der Waals surface area contributed by atoms with Crippen molar-refractivity contribution >= 4 is 28.1 Å². The van der Waals surface area contributed by atoms with E-state index in [9.17, 15) is 9.00 Å². The summed E-state index contributed by atoms with van der Waals surface area (Å²) < 4.78 is 28.5. The Morgan fingerprint density at radius 1 is 1.19 bits per heavy atom. The molecule has 0 bridgehead atoms. The Labute approximate surface area is 153 Å². The molecular weight excluding hydrogens is 356 g/mol. The van der Waals surface area contributed by atoms with E-state index < -0.39 is 10.8 Å². The summed E-state index contributed by atoms with van der Waals surface area (Å²) >= 11 is 0. The highest BCUT2D eigenvalue weighted by molar-refractivity contribution is 7.85. The van der Waals surface area contributed by atoms with Gasteiger partial charge in [0.2, 0.25) is 5.91 Å². The number of benzene rings is 2. The molecule has 8 heteroatoms. The Morgan fingerprint density at radius 2 is 1.96 bits per heavy atom. The number of hydrogen-bond acceptors (Lipinski definition) is 6. The monoisotopic (exact) mass is 376 g/mol.